The summed E-state index contributed by atoms with van der Waals surface area (Å²) in [6, 6.07) is 8.27. The standard InChI is InChI=1S/C13H16N4O2/c1-2-8-14-10-11-7-9-16(15-11)12-3-5-13(6-4-12)17(18)19/h3-7,9,14H,2,8,10H2,1H3. The molecular formula is C13H16N4O2. The third-order valence-electron chi connectivity index (χ3n) is 2.70. The van der Waals surface area contributed by atoms with Gasteiger partial charge in [-0.15, -0.1) is 0 Å². The largest absolute Gasteiger partial charge is 0.311 e. The number of hydrogen-bond donors (Lipinski definition) is 1. The van der Waals surface area contributed by atoms with E-state index in [1.807, 2.05) is 12.3 Å². The molecular weight excluding hydrogens is 244 g/mol. The molecule has 2 rings (SSSR count). The van der Waals surface area contributed by atoms with Crippen LogP contribution in [0.1, 0.15) is 19.0 Å². The van der Waals surface area contributed by atoms with Gasteiger partial charge >= 0.3 is 0 Å². The van der Waals surface area contributed by atoms with Crippen LogP contribution in [0, 0.1) is 10.1 Å². The number of hydrogen-bond acceptors (Lipinski definition) is 4. The molecule has 0 radical (unpaired) electrons. The fourth-order valence-corrected chi connectivity index (χ4v) is 1.72. The number of aromatic nitrogens is 2. The first-order valence-electron chi connectivity index (χ1n) is 6.21. The van der Waals surface area contributed by atoms with Gasteiger partial charge < -0.3 is 5.32 Å². The number of nitrogens with zero attached hydrogens (tertiary/aromatic N) is 3. The van der Waals surface area contributed by atoms with Crippen LogP contribution in [-0.2, 0) is 6.54 Å². The van der Waals surface area contributed by atoms with Crippen molar-refractivity contribution in [3.8, 4) is 5.69 Å². The maximum Gasteiger partial charge on any atom is 0.269 e. The van der Waals surface area contributed by atoms with Crippen molar-refractivity contribution in [2.75, 3.05) is 6.54 Å². The van der Waals surface area contributed by atoms with E-state index < -0.39 is 4.92 Å². The van der Waals surface area contributed by atoms with Crippen molar-refractivity contribution in [1.82, 2.24) is 15.1 Å². The van der Waals surface area contributed by atoms with E-state index in [9.17, 15) is 10.1 Å². The first-order chi connectivity index (χ1) is 9.20. The Morgan fingerprint density at radius 1 is 1.32 bits per heavy atom. The molecule has 0 unspecified atom stereocenters. The quantitative estimate of drug-likeness (QED) is 0.491. The molecule has 1 aromatic heterocycles. The fraction of sp³-hybridized carbons (Fsp3) is 0.308. The van der Waals surface area contributed by atoms with Gasteiger partial charge in [-0.3, -0.25) is 10.1 Å². The molecule has 19 heavy (non-hydrogen) atoms. The van der Waals surface area contributed by atoms with Crippen molar-refractivity contribution in [3.63, 3.8) is 0 Å². The molecule has 0 fully saturated rings. The molecule has 0 aliphatic carbocycles. The predicted octanol–water partition coefficient (Wildman–Crippen LogP) is 2.28. The summed E-state index contributed by atoms with van der Waals surface area (Å²) in [6.07, 6.45) is 2.94. The topological polar surface area (TPSA) is 73.0 Å². The number of non-ortho nitro benzene ring substituents is 1. The monoisotopic (exact) mass is 260 g/mol. The van der Waals surface area contributed by atoms with E-state index >= 15 is 0 Å². The Morgan fingerprint density at radius 2 is 2.05 bits per heavy atom. The van der Waals surface area contributed by atoms with E-state index in [0.717, 1.165) is 30.9 Å². The lowest BCUT2D eigenvalue weighted by Crippen LogP contribution is -2.14. The van der Waals surface area contributed by atoms with Crippen molar-refractivity contribution in [1.29, 1.82) is 0 Å². The summed E-state index contributed by atoms with van der Waals surface area (Å²) in [5.74, 6) is 0. The van der Waals surface area contributed by atoms with Crippen LogP contribution >= 0.6 is 0 Å². The maximum atomic E-state index is 10.6. The lowest BCUT2D eigenvalue weighted by Gasteiger charge is -2.01. The van der Waals surface area contributed by atoms with E-state index in [0.29, 0.717) is 0 Å². The Balaban J connectivity index is 2.07. The van der Waals surface area contributed by atoms with E-state index in [2.05, 4.69) is 17.3 Å². The average Bonchev–Trinajstić information content (AvgIpc) is 2.88. The summed E-state index contributed by atoms with van der Waals surface area (Å²) in [6.45, 7) is 3.81. The Labute approximate surface area is 111 Å². The summed E-state index contributed by atoms with van der Waals surface area (Å²) in [5.41, 5.74) is 1.85. The Kier molecular flexibility index (Phi) is 4.25. The minimum atomic E-state index is -0.410. The van der Waals surface area contributed by atoms with Gasteiger partial charge in [0, 0.05) is 24.9 Å². The maximum absolute atomic E-state index is 10.6. The van der Waals surface area contributed by atoms with Crippen LogP contribution in [-0.4, -0.2) is 21.2 Å². The molecule has 0 amide bonds. The predicted molar refractivity (Wildman–Crippen MR) is 72.2 cm³/mol. The Bertz CT molecular complexity index is 548. The summed E-state index contributed by atoms with van der Waals surface area (Å²) in [7, 11) is 0. The molecule has 6 heteroatoms. The van der Waals surface area contributed by atoms with Gasteiger partial charge in [0.15, 0.2) is 0 Å². The first-order valence-corrected chi connectivity index (χ1v) is 6.21. The van der Waals surface area contributed by atoms with Crippen LogP contribution < -0.4 is 5.32 Å². The average molecular weight is 260 g/mol. The summed E-state index contributed by atoms with van der Waals surface area (Å²) in [5, 5.41) is 18.3. The third-order valence-corrected chi connectivity index (χ3v) is 2.70. The second-order valence-corrected chi connectivity index (χ2v) is 4.20. The van der Waals surface area contributed by atoms with Gasteiger partial charge in [0.25, 0.3) is 5.69 Å². The van der Waals surface area contributed by atoms with Crippen LogP contribution in [0.25, 0.3) is 5.69 Å². The van der Waals surface area contributed by atoms with Crippen molar-refractivity contribution < 1.29 is 4.92 Å². The summed E-state index contributed by atoms with van der Waals surface area (Å²) < 4.78 is 1.71. The Hall–Kier alpha value is -2.21. The molecule has 0 spiro atoms. The first kappa shape index (κ1) is 13.2. The zero-order valence-corrected chi connectivity index (χ0v) is 10.7. The summed E-state index contributed by atoms with van der Waals surface area (Å²) in [4.78, 5) is 10.2. The molecule has 1 aromatic carbocycles. The van der Waals surface area contributed by atoms with Gasteiger partial charge in [-0.2, -0.15) is 5.10 Å². The zero-order valence-electron chi connectivity index (χ0n) is 10.7. The third kappa shape index (κ3) is 3.38. The second kappa shape index (κ2) is 6.10. The fourth-order valence-electron chi connectivity index (χ4n) is 1.72. The number of nitro benzene ring substituents is 1. The van der Waals surface area contributed by atoms with Gasteiger partial charge in [-0.1, -0.05) is 6.92 Å². The molecule has 2 aromatic rings. The number of nitro groups is 1. The highest BCUT2D eigenvalue weighted by atomic mass is 16.6. The van der Waals surface area contributed by atoms with Gasteiger partial charge in [0.05, 0.1) is 16.3 Å². The van der Waals surface area contributed by atoms with Crippen LogP contribution in [0.3, 0.4) is 0 Å². The molecule has 1 N–H and O–H groups in total. The van der Waals surface area contributed by atoms with Crippen molar-refractivity contribution in [2.45, 2.75) is 19.9 Å². The lowest BCUT2D eigenvalue weighted by molar-refractivity contribution is -0.384. The van der Waals surface area contributed by atoms with E-state index in [1.165, 1.54) is 12.1 Å². The van der Waals surface area contributed by atoms with Gasteiger partial charge in [-0.25, -0.2) is 4.68 Å². The molecule has 0 saturated carbocycles. The number of benzene rings is 1. The van der Waals surface area contributed by atoms with E-state index in [-0.39, 0.29) is 5.69 Å². The minimum absolute atomic E-state index is 0.0840. The van der Waals surface area contributed by atoms with Crippen molar-refractivity contribution >= 4 is 5.69 Å². The molecule has 0 bridgehead atoms. The molecule has 0 aliphatic heterocycles. The van der Waals surface area contributed by atoms with E-state index in [1.54, 1.807) is 16.8 Å². The van der Waals surface area contributed by atoms with Crippen LogP contribution in [0.2, 0.25) is 0 Å². The minimum Gasteiger partial charge on any atom is -0.311 e. The summed E-state index contributed by atoms with van der Waals surface area (Å²) >= 11 is 0. The molecule has 0 aliphatic rings. The van der Waals surface area contributed by atoms with Crippen LogP contribution in [0.4, 0.5) is 5.69 Å². The molecule has 0 atom stereocenters. The normalized spacial score (nSPS) is 10.6. The highest BCUT2D eigenvalue weighted by Gasteiger charge is 2.06. The smallest absolute Gasteiger partial charge is 0.269 e. The van der Waals surface area contributed by atoms with Crippen molar-refractivity contribution in [2.24, 2.45) is 0 Å². The highest BCUT2D eigenvalue weighted by molar-refractivity contribution is 5.40. The highest BCUT2D eigenvalue weighted by Crippen LogP contribution is 2.14. The van der Waals surface area contributed by atoms with Crippen LogP contribution in [0.15, 0.2) is 36.5 Å². The SMILES string of the molecule is CCCNCc1ccn(-c2ccc([N+](=O)[O-])cc2)n1. The molecule has 0 saturated heterocycles. The van der Waals surface area contributed by atoms with E-state index in [4.69, 9.17) is 0 Å². The van der Waals surface area contributed by atoms with Crippen molar-refractivity contribution in [3.05, 3.63) is 52.3 Å². The molecule has 6 nitrogen and oxygen atoms in total. The van der Waals surface area contributed by atoms with Gasteiger partial charge in [0.2, 0.25) is 0 Å². The van der Waals surface area contributed by atoms with Gasteiger partial charge in [-0.05, 0) is 31.2 Å². The number of nitrogens with one attached hydrogen (secondary N) is 1. The zero-order chi connectivity index (χ0) is 13.7. The molecule has 1 heterocycles. The number of rotatable bonds is 6. The Morgan fingerprint density at radius 3 is 2.68 bits per heavy atom. The second-order valence-electron chi connectivity index (χ2n) is 4.20. The lowest BCUT2D eigenvalue weighted by atomic mass is 10.3. The molecule has 100 valence electrons. The van der Waals surface area contributed by atoms with Crippen LogP contribution in [0.5, 0.6) is 0 Å². The van der Waals surface area contributed by atoms with Gasteiger partial charge in [0.1, 0.15) is 0 Å².